The smallest absolute Gasteiger partial charge is 0.322 e. The molecule has 1 N–H and O–H groups in total. The topological polar surface area (TPSA) is 79.7 Å². The monoisotopic (exact) mass is 447 g/mol. The van der Waals surface area contributed by atoms with Crippen LogP contribution in [0.15, 0.2) is 48.5 Å². The van der Waals surface area contributed by atoms with Crippen molar-refractivity contribution >= 4 is 23.3 Å². The fraction of sp³-hybridized carbons (Fsp3) is 0.320. The van der Waals surface area contributed by atoms with Crippen LogP contribution in [-0.2, 0) is 31.4 Å². The van der Waals surface area contributed by atoms with Crippen molar-refractivity contribution < 1.29 is 14.3 Å². The molecule has 0 saturated carbocycles. The van der Waals surface area contributed by atoms with E-state index in [1.807, 2.05) is 67.2 Å². The highest BCUT2D eigenvalue weighted by Gasteiger charge is 2.28. The zero-order chi connectivity index (χ0) is 23.5. The van der Waals surface area contributed by atoms with E-state index in [2.05, 4.69) is 5.32 Å². The van der Waals surface area contributed by atoms with Crippen molar-refractivity contribution in [2.24, 2.45) is 7.05 Å². The van der Waals surface area contributed by atoms with E-state index in [0.29, 0.717) is 37.5 Å². The number of benzene rings is 2. The molecule has 0 bridgehead atoms. The molecule has 1 aromatic heterocycles. The second-order valence-electron chi connectivity index (χ2n) is 8.24. The summed E-state index contributed by atoms with van der Waals surface area (Å²) < 4.78 is 7.26. The second-order valence-corrected chi connectivity index (χ2v) is 8.24. The zero-order valence-corrected chi connectivity index (χ0v) is 19.5. The van der Waals surface area contributed by atoms with E-state index in [0.717, 1.165) is 28.2 Å². The average molecular weight is 448 g/mol. The van der Waals surface area contributed by atoms with Gasteiger partial charge in [-0.3, -0.25) is 9.48 Å². The largest absolute Gasteiger partial charge is 0.495 e. The van der Waals surface area contributed by atoms with E-state index < -0.39 is 0 Å². The number of nitrogens with one attached hydrogen (secondary N) is 1. The van der Waals surface area contributed by atoms with Crippen LogP contribution in [0.25, 0.3) is 0 Å². The molecule has 0 fully saturated rings. The number of carbonyl (C=O) groups excluding carboxylic acids is 2. The van der Waals surface area contributed by atoms with Gasteiger partial charge in [0.15, 0.2) is 0 Å². The molecule has 0 unspecified atom stereocenters. The minimum absolute atomic E-state index is 0.0578. The Balaban J connectivity index is 1.56. The number of aryl methyl sites for hydroxylation is 2. The van der Waals surface area contributed by atoms with E-state index in [1.165, 1.54) is 0 Å². The first-order valence-electron chi connectivity index (χ1n) is 10.9. The number of aromatic nitrogens is 2. The third-order valence-electron chi connectivity index (χ3n) is 5.97. The quantitative estimate of drug-likeness (QED) is 0.644. The molecule has 8 nitrogen and oxygen atoms in total. The summed E-state index contributed by atoms with van der Waals surface area (Å²) in [4.78, 5) is 29.0. The highest BCUT2D eigenvalue weighted by molar-refractivity contribution is 5.92. The fourth-order valence-corrected chi connectivity index (χ4v) is 4.23. The maximum atomic E-state index is 13.1. The second kappa shape index (κ2) is 9.36. The Morgan fingerprint density at radius 3 is 2.64 bits per heavy atom. The Morgan fingerprint density at radius 1 is 1.18 bits per heavy atom. The third kappa shape index (κ3) is 4.69. The van der Waals surface area contributed by atoms with Gasteiger partial charge in [-0.25, -0.2) is 4.79 Å². The van der Waals surface area contributed by atoms with Gasteiger partial charge in [-0.05, 0) is 36.8 Å². The number of methoxy groups -OCH3 is 1. The normalized spacial score (nSPS) is 12.8. The Labute approximate surface area is 193 Å². The minimum atomic E-state index is -0.189. The van der Waals surface area contributed by atoms with Gasteiger partial charge in [-0.2, -0.15) is 5.10 Å². The van der Waals surface area contributed by atoms with Gasteiger partial charge >= 0.3 is 6.03 Å². The maximum absolute atomic E-state index is 13.1. The summed E-state index contributed by atoms with van der Waals surface area (Å²) in [7, 11) is 3.50. The van der Waals surface area contributed by atoms with Crippen molar-refractivity contribution in [2.75, 3.05) is 23.9 Å². The average Bonchev–Trinajstić information content (AvgIpc) is 3.12. The van der Waals surface area contributed by atoms with Crippen molar-refractivity contribution in [3.8, 4) is 5.75 Å². The van der Waals surface area contributed by atoms with Gasteiger partial charge in [0.25, 0.3) is 0 Å². The van der Waals surface area contributed by atoms with Crippen LogP contribution in [0.3, 0.4) is 0 Å². The Hall–Kier alpha value is -3.81. The molecule has 0 radical (unpaired) electrons. The molecule has 2 aromatic carbocycles. The zero-order valence-electron chi connectivity index (χ0n) is 19.5. The first kappa shape index (κ1) is 22.4. The number of ether oxygens (including phenoxy) is 1. The third-order valence-corrected chi connectivity index (χ3v) is 5.97. The van der Waals surface area contributed by atoms with E-state index in [9.17, 15) is 9.59 Å². The summed E-state index contributed by atoms with van der Waals surface area (Å²) in [6, 6.07) is 15.0. The first-order chi connectivity index (χ1) is 15.9. The minimum Gasteiger partial charge on any atom is -0.495 e. The number of para-hydroxylation sites is 1. The van der Waals surface area contributed by atoms with Crippen molar-refractivity contribution in [3.63, 3.8) is 0 Å². The number of urea groups is 1. The Kier molecular flexibility index (Phi) is 6.35. The molecule has 172 valence electrons. The highest BCUT2D eigenvalue weighted by atomic mass is 16.5. The number of hydrogen-bond acceptors (Lipinski definition) is 4. The van der Waals surface area contributed by atoms with Crippen LogP contribution in [0.2, 0.25) is 0 Å². The number of nitrogens with zero attached hydrogens (tertiary/aromatic N) is 4. The molecule has 2 heterocycles. The maximum Gasteiger partial charge on any atom is 0.322 e. The van der Waals surface area contributed by atoms with Gasteiger partial charge in [0.1, 0.15) is 5.75 Å². The molecule has 8 heteroatoms. The van der Waals surface area contributed by atoms with Crippen molar-refractivity contribution in [1.82, 2.24) is 14.7 Å². The van der Waals surface area contributed by atoms with Crippen molar-refractivity contribution in [1.29, 1.82) is 0 Å². The first-order valence-corrected chi connectivity index (χ1v) is 10.9. The van der Waals surface area contributed by atoms with Gasteiger partial charge in [0, 0.05) is 43.9 Å². The van der Waals surface area contributed by atoms with Gasteiger partial charge < -0.3 is 19.9 Å². The molecule has 4 rings (SSSR count). The van der Waals surface area contributed by atoms with E-state index in [1.54, 1.807) is 23.8 Å². The lowest BCUT2D eigenvalue weighted by molar-refractivity contribution is -0.116. The number of hydrogen-bond donors (Lipinski definition) is 1. The number of anilines is 2. The van der Waals surface area contributed by atoms with Crippen LogP contribution in [0.5, 0.6) is 5.75 Å². The Bertz CT molecular complexity index is 1170. The molecule has 0 spiro atoms. The van der Waals surface area contributed by atoms with Gasteiger partial charge in [-0.1, -0.05) is 24.3 Å². The molecular weight excluding hydrogens is 418 g/mol. The lowest BCUT2D eigenvalue weighted by atomic mass is 10.0. The molecule has 1 aliphatic rings. The lowest BCUT2D eigenvalue weighted by Crippen LogP contribution is -2.39. The van der Waals surface area contributed by atoms with Crippen LogP contribution in [-0.4, -0.2) is 40.3 Å². The van der Waals surface area contributed by atoms with E-state index in [4.69, 9.17) is 9.84 Å². The molecule has 33 heavy (non-hydrogen) atoms. The SMILES string of the molecule is COc1ccc(C)cc1NC(=O)N1CCc2c(c(CN(C(C)=O)c3ccccc3)nn2C)C1. The predicted octanol–water partition coefficient (Wildman–Crippen LogP) is 3.88. The van der Waals surface area contributed by atoms with Gasteiger partial charge in [0.05, 0.1) is 31.6 Å². The van der Waals surface area contributed by atoms with Gasteiger partial charge in [-0.15, -0.1) is 0 Å². The summed E-state index contributed by atoms with van der Waals surface area (Å²) in [5.74, 6) is 0.561. The molecule has 1 aliphatic heterocycles. The van der Waals surface area contributed by atoms with Crippen LogP contribution in [0.1, 0.15) is 29.4 Å². The summed E-state index contributed by atoms with van der Waals surface area (Å²) in [6.45, 7) is 4.89. The number of fused-ring (bicyclic) bond motifs is 1. The summed E-state index contributed by atoms with van der Waals surface area (Å²) in [5.41, 5.74) is 5.40. The van der Waals surface area contributed by atoms with Crippen LogP contribution >= 0.6 is 0 Å². The standard InChI is InChI=1S/C25H29N5O3/c1-17-10-11-24(33-4)21(14-17)26-25(32)29-13-12-23-20(15-29)22(27-28(23)3)16-30(18(2)31)19-8-6-5-7-9-19/h5-11,14H,12-13,15-16H2,1-4H3,(H,26,32). The molecule has 0 atom stereocenters. The van der Waals surface area contributed by atoms with Crippen molar-refractivity contribution in [2.45, 2.75) is 33.4 Å². The molecule has 0 aliphatic carbocycles. The molecule has 3 aromatic rings. The molecule has 0 saturated heterocycles. The van der Waals surface area contributed by atoms with Crippen molar-refractivity contribution in [3.05, 3.63) is 71.0 Å². The van der Waals surface area contributed by atoms with E-state index >= 15 is 0 Å². The number of rotatable bonds is 5. The molecule has 3 amide bonds. The predicted molar refractivity (Wildman–Crippen MR) is 127 cm³/mol. The number of amides is 3. The van der Waals surface area contributed by atoms with Gasteiger partial charge in [0.2, 0.25) is 5.91 Å². The lowest BCUT2D eigenvalue weighted by Gasteiger charge is -2.29. The number of carbonyl (C=O) groups is 2. The summed E-state index contributed by atoms with van der Waals surface area (Å²) >= 11 is 0. The van der Waals surface area contributed by atoms with E-state index in [-0.39, 0.29) is 11.9 Å². The summed E-state index contributed by atoms with van der Waals surface area (Å²) in [6.07, 6.45) is 0.697. The summed E-state index contributed by atoms with van der Waals surface area (Å²) in [5, 5.41) is 7.69. The van der Waals surface area contributed by atoms with Crippen LogP contribution in [0.4, 0.5) is 16.2 Å². The molecular formula is C25H29N5O3. The Morgan fingerprint density at radius 2 is 1.94 bits per heavy atom. The van der Waals surface area contributed by atoms with Crippen LogP contribution < -0.4 is 15.0 Å². The fourth-order valence-electron chi connectivity index (χ4n) is 4.23. The van der Waals surface area contributed by atoms with Crippen LogP contribution in [0, 0.1) is 6.92 Å². The highest BCUT2D eigenvalue weighted by Crippen LogP contribution is 2.28.